The molecule has 0 fully saturated rings. The lowest BCUT2D eigenvalue weighted by atomic mass is 9.95. The molecule has 0 aliphatic carbocycles. The predicted molar refractivity (Wildman–Crippen MR) is 54.9 cm³/mol. The Balaban J connectivity index is 3.79. The summed E-state index contributed by atoms with van der Waals surface area (Å²) in [5, 5.41) is 20.5. The number of ether oxygens (including phenoxy) is 1. The van der Waals surface area contributed by atoms with Gasteiger partial charge in [-0.2, -0.15) is 5.26 Å². The van der Waals surface area contributed by atoms with Crippen molar-refractivity contribution in [1.82, 2.24) is 5.32 Å². The van der Waals surface area contributed by atoms with Gasteiger partial charge in [-0.3, -0.25) is 4.79 Å². The van der Waals surface area contributed by atoms with Crippen molar-refractivity contribution in [1.29, 1.82) is 5.26 Å². The molecule has 0 aliphatic heterocycles. The average Bonchev–Trinajstić information content (AvgIpc) is 2.18. The summed E-state index contributed by atoms with van der Waals surface area (Å²) < 4.78 is 4.73. The van der Waals surface area contributed by atoms with Gasteiger partial charge in [0.05, 0.1) is 18.8 Å². The molecule has 1 unspecified atom stereocenters. The summed E-state index contributed by atoms with van der Waals surface area (Å²) in [5.74, 6) is -0.324. The predicted octanol–water partition coefficient (Wildman–Crippen LogP) is 0.0498. The van der Waals surface area contributed by atoms with Crippen LogP contribution in [-0.4, -0.2) is 37.4 Å². The quantitative estimate of drug-likeness (QED) is 0.654. The molecular formula is C10H18N2O3. The number of carbonyl (C=O) groups is 1. The van der Waals surface area contributed by atoms with Gasteiger partial charge in [0.15, 0.2) is 0 Å². The van der Waals surface area contributed by atoms with Gasteiger partial charge in [-0.1, -0.05) is 0 Å². The Labute approximate surface area is 90.0 Å². The van der Waals surface area contributed by atoms with Gasteiger partial charge >= 0.3 is 0 Å². The molecule has 0 heterocycles. The number of methoxy groups -OCH3 is 1. The molecule has 0 radical (unpaired) electrons. The van der Waals surface area contributed by atoms with Crippen LogP contribution in [0.15, 0.2) is 0 Å². The van der Waals surface area contributed by atoms with E-state index in [1.165, 1.54) is 7.11 Å². The van der Waals surface area contributed by atoms with Crippen LogP contribution < -0.4 is 5.32 Å². The van der Waals surface area contributed by atoms with E-state index in [0.29, 0.717) is 13.0 Å². The molecule has 0 bridgehead atoms. The molecule has 0 saturated carbocycles. The lowest BCUT2D eigenvalue weighted by Crippen LogP contribution is -2.37. The topological polar surface area (TPSA) is 82.3 Å². The highest BCUT2D eigenvalue weighted by Crippen LogP contribution is 2.12. The molecule has 0 aromatic carbocycles. The number of aliphatic hydroxyl groups excluding tert-OH is 1. The summed E-state index contributed by atoms with van der Waals surface area (Å²) in [6, 6.07) is 1.91. The van der Waals surface area contributed by atoms with Gasteiger partial charge in [0.1, 0.15) is 5.41 Å². The molecule has 0 spiro atoms. The normalized spacial score (nSPS) is 13.0. The van der Waals surface area contributed by atoms with Gasteiger partial charge < -0.3 is 15.2 Å². The van der Waals surface area contributed by atoms with E-state index in [2.05, 4.69) is 5.32 Å². The average molecular weight is 214 g/mol. The Kier molecular flexibility index (Phi) is 5.90. The molecule has 5 nitrogen and oxygen atoms in total. The molecule has 1 amide bonds. The number of amides is 1. The number of rotatable bonds is 6. The second-order valence-corrected chi connectivity index (χ2v) is 3.89. The van der Waals surface area contributed by atoms with Gasteiger partial charge in [-0.05, 0) is 20.3 Å². The van der Waals surface area contributed by atoms with Crippen LogP contribution in [0.2, 0.25) is 0 Å². The van der Waals surface area contributed by atoms with Crippen molar-refractivity contribution in [2.75, 3.05) is 20.3 Å². The van der Waals surface area contributed by atoms with E-state index in [1.54, 1.807) is 13.8 Å². The van der Waals surface area contributed by atoms with Crippen molar-refractivity contribution in [2.24, 2.45) is 5.41 Å². The van der Waals surface area contributed by atoms with Gasteiger partial charge in [-0.25, -0.2) is 0 Å². The lowest BCUT2D eigenvalue weighted by molar-refractivity contribution is -0.126. The maximum atomic E-state index is 11.4. The van der Waals surface area contributed by atoms with Crippen molar-refractivity contribution in [2.45, 2.75) is 26.4 Å². The summed E-state index contributed by atoms with van der Waals surface area (Å²) >= 11 is 0. The summed E-state index contributed by atoms with van der Waals surface area (Å²) in [5.41, 5.74) is -1.02. The number of hydrogen-bond donors (Lipinski definition) is 2. The highest BCUT2D eigenvalue weighted by molar-refractivity contribution is 5.84. The van der Waals surface area contributed by atoms with E-state index in [9.17, 15) is 9.90 Å². The van der Waals surface area contributed by atoms with Crippen LogP contribution in [0.25, 0.3) is 0 Å². The Morgan fingerprint density at radius 1 is 1.67 bits per heavy atom. The Bertz CT molecular complexity index is 246. The number of nitrogens with zero attached hydrogens (tertiary/aromatic N) is 1. The van der Waals surface area contributed by atoms with Crippen molar-refractivity contribution >= 4 is 5.91 Å². The van der Waals surface area contributed by atoms with Crippen molar-refractivity contribution < 1.29 is 14.6 Å². The van der Waals surface area contributed by atoms with Crippen LogP contribution in [-0.2, 0) is 9.53 Å². The fourth-order valence-corrected chi connectivity index (χ4v) is 0.900. The monoisotopic (exact) mass is 214 g/mol. The lowest BCUT2D eigenvalue weighted by Gasteiger charge is -2.16. The molecular weight excluding hydrogens is 196 g/mol. The maximum Gasteiger partial charge on any atom is 0.239 e. The van der Waals surface area contributed by atoms with Crippen molar-refractivity contribution in [3.05, 3.63) is 0 Å². The minimum Gasteiger partial charge on any atom is -0.391 e. The molecule has 0 rings (SSSR count). The van der Waals surface area contributed by atoms with Crippen molar-refractivity contribution in [3.63, 3.8) is 0 Å². The van der Waals surface area contributed by atoms with Crippen LogP contribution in [0.4, 0.5) is 0 Å². The fraction of sp³-hybridized carbons (Fsp3) is 0.800. The van der Waals surface area contributed by atoms with Crippen LogP contribution in [0.1, 0.15) is 20.3 Å². The van der Waals surface area contributed by atoms with Crippen LogP contribution in [0.5, 0.6) is 0 Å². The Morgan fingerprint density at radius 3 is 2.73 bits per heavy atom. The third-order valence-corrected chi connectivity index (χ3v) is 1.97. The van der Waals surface area contributed by atoms with Crippen LogP contribution in [0, 0.1) is 16.7 Å². The first-order valence-electron chi connectivity index (χ1n) is 4.80. The number of aliphatic hydroxyl groups is 1. The summed E-state index contributed by atoms with van der Waals surface area (Å²) in [6.45, 7) is 3.69. The number of nitriles is 1. The summed E-state index contributed by atoms with van der Waals surface area (Å²) in [4.78, 5) is 11.4. The minimum absolute atomic E-state index is 0.248. The summed E-state index contributed by atoms with van der Waals surface area (Å²) in [7, 11) is 1.50. The number of hydrogen-bond acceptors (Lipinski definition) is 4. The Hall–Kier alpha value is -1.12. The van der Waals surface area contributed by atoms with Gasteiger partial charge in [0.2, 0.25) is 5.91 Å². The second kappa shape index (κ2) is 6.38. The fourth-order valence-electron chi connectivity index (χ4n) is 0.900. The van der Waals surface area contributed by atoms with E-state index in [-0.39, 0.29) is 12.5 Å². The molecule has 1 atom stereocenters. The molecule has 0 aromatic rings. The largest absolute Gasteiger partial charge is 0.391 e. The molecule has 86 valence electrons. The minimum atomic E-state index is -1.02. The standard InChI is InChI=1S/C10H18N2O3/c1-10(2,7-11)9(14)12-5-4-8(13)6-15-3/h8,13H,4-6H2,1-3H3,(H,12,14). The maximum absolute atomic E-state index is 11.4. The zero-order valence-corrected chi connectivity index (χ0v) is 9.41. The highest BCUT2D eigenvalue weighted by atomic mass is 16.5. The second-order valence-electron chi connectivity index (χ2n) is 3.89. The van der Waals surface area contributed by atoms with E-state index in [4.69, 9.17) is 10.00 Å². The molecule has 15 heavy (non-hydrogen) atoms. The smallest absolute Gasteiger partial charge is 0.239 e. The molecule has 0 saturated heterocycles. The van der Waals surface area contributed by atoms with Gasteiger partial charge in [0, 0.05) is 13.7 Å². The van der Waals surface area contributed by atoms with Gasteiger partial charge in [0.25, 0.3) is 0 Å². The first-order chi connectivity index (χ1) is 6.94. The number of carbonyl (C=O) groups excluding carboxylic acids is 1. The van der Waals surface area contributed by atoms with E-state index in [1.807, 2.05) is 6.07 Å². The first kappa shape index (κ1) is 13.9. The SMILES string of the molecule is COCC(O)CCNC(=O)C(C)(C)C#N. The van der Waals surface area contributed by atoms with Crippen LogP contribution >= 0.6 is 0 Å². The van der Waals surface area contributed by atoms with Crippen molar-refractivity contribution in [3.8, 4) is 6.07 Å². The Morgan fingerprint density at radius 2 is 2.27 bits per heavy atom. The van der Waals surface area contributed by atoms with Gasteiger partial charge in [-0.15, -0.1) is 0 Å². The van der Waals surface area contributed by atoms with E-state index in [0.717, 1.165) is 0 Å². The van der Waals surface area contributed by atoms with Crippen LogP contribution in [0.3, 0.4) is 0 Å². The molecule has 5 heteroatoms. The molecule has 2 N–H and O–H groups in total. The first-order valence-corrected chi connectivity index (χ1v) is 4.80. The molecule has 0 aromatic heterocycles. The molecule has 0 aliphatic rings. The zero-order valence-electron chi connectivity index (χ0n) is 9.41. The third kappa shape index (κ3) is 5.35. The highest BCUT2D eigenvalue weighted by Gasteiger charge is 2.26. The number of nitrogens with one attached hydrogen (secondary N) is 1. The van der Waals surface area contributed by atoms with E-state index < -0.39 is 11.5 Å². The zero-order chi connectivity index (χ0) is 11.9. The van der Waals surface area contributed by atoms with E-state index >= 15 is 0 Å². The third-order valence-electron chi connectivity index (χ3n) is 1.97. The summed E-state index contributed by atoms with van der Waals surface area (Å²) in [6.07, 6.45) is -0.165.